The zero-order valence-corrected chi connectivity index (χ0v) is 34.5. The predicted molar refractivity (Wildman–Crippen MR) is 224 cm³/mol. The minimum Gasteiger partial charge on any atom is -0.497 e. The number of carbonyl (C=O) groups excluding carboxylic acids is 2. The molecule has 0 spiro atoms. The fourth-order valence-electron chi connectivity index (χ4n) is 6.00. The molecule has 60 heavy (non-hydrogen) atoms. The molecule has 0 atom stereocenters. The van der Waals surface area contributed by atoms with E-state index >= 15 is 0 Å². The molecular formula is C44H38F3IN4O8. The van der Waals surface area contributed by atoms with Crippen LogP contribution in [-0.2, 0) is 29.1 Å². The van der Waals surface area contributed by atoms with Gasteiger partial charge in [0.25, 0.3) is 0 Å². The van der Waals surface area contributed by atoms with Crippen molar-refractivity contribution in [3.05, 3.63) is 148 Å². The lowest BCUT2D eigenvalue weighted by molar-refractivity contribution is -0.135. The number of methoxy groups -OCH3 is 2. The van der Waals surface area contributed by atoms with Crippen molar-refractivity contribution in [1.29, 1.82) is 0 Å². The molecule has 2 aromatic heterocycles. The summed E-state index contributed by atoms with van der Waals surface area (Å²) in [4.78, 5) is 40.9. The maximum Gasteiger partial charge on any atom is 0.247 e. The Bertz CT molecular complexity index is 2390. The van der Waals surface area contributed by atoms with Crippen LogP contribution < -0.4 is 33.3 Å². The second kappa shape index (κ2) is 20.9. The van der Waals surface area contributed by atoms with Crippen molar-refractivity contribution in [3.63, 3.8) is 0 Å². The summed E-state index contributed by atoms with van der Waals surface area (Å²) >= 11 is 2.18. The number of rotatable bonds is 19. The number of carbonyl (C=O) groups is 2. The van der Waals surface area contributed by atoms with Crippen molar-refractivity contribution in [2.24, 2.45) is 0 Å². The molecule has 2 amide bonds. The first-order valence-corrected chi connectivity index (χ1v) is 19.3. The molecule has 6 aromatic rings. The first-order chi connectivity index (χ1) is 29.2. The van der Waals surface area contributed by atoms with Gasteiger partial charge < -0.3 is 38.2 Å². The maximum atomic E-state index is 14.9. The second-order valence-corrected chi connectivity index (χ2v) is 14.0. The Hall–Kier alpha value is -6.56. The summed E-state index contributed by atoms with van der Waals surface area (Å²) in [5, 5.41) is 0. The molecule has 2 heterocycles. The minimum atomic E-state index is -1.16. The Morgan fingerprint density at radius 3 is 1.77 bits per heavy atom. The van der Waals surface area contributed by atoms with E-state index in [4.69, 9.17) is 28.4 Å². The summed E-state index contributed by atoms with van der Waals surface area (Å²) in [6, 6.07) is 28.3. The molecule has 0 radical (unpaired) electrons. The molecule has 0 aliphatic carbocycles. The summed E-state index contributed by atoms with van der Waals surface area (Å²) in [6.45, 7) is -3.36. The lowest BCUT2D eigenvalue weighted by Crippen LogP contribution is -2.43. The Balaban J connectivity index is 1.41. The largest absolute Gasteiger partial charge is 0.497 e. The van der Waals surface area contributed by atoms with Crippen LogP contribution in [0.15, 0.2) is 122 Å². The molecule has 16 heteroatoms. The van der Waals surface area contributed by atoms with E-state index in [2.05, 4.69) is 32.6 Å². The highest BCUT2D eigenvalue weighted by Gasteiger charge is 2.28. The molecule has 12 nitrogen and oxygen atoms in total. The van der Waals surface area contributed by atoms with Crippen LogP contribution in [-0.4, -0.2) is 61.2 Å². The molecule has 0 aliphatic rings. The van der Waals surface area contributed by atoms with Gasteiger partial charge in [0.15, 0.2) is 0 Å². The summed E-state index contributed by atoms with van der Waals surface area (Å²) in [6.07, 6.45) is 2.72. The van der Waals surface area contributed by atoms with Crippen molar-refractivity contribution < 1.29 is 51.2 Å². The van der Waals surface area contributed by atoms with Crippen LogP contribution in [0, 0.1) is 9.39 Å². The third-order valence-electron chi connectivity index (χ3n) is 8.91. The number of halogens is 4. The van der Waals surface area contributed by atoms with E-state index in [0.717, 1.165) is 3.57 Å². The van der Waals surface area contributed by atoms with E-state index in [1.807, 2.05) is 12.1 Å². The first kappa shape index (κ1) is 43.0. The number of pyridine rings is 2. The lowest BCUT2D eigenvalue weighted by Gasteiger charge is -2.29. The van der Waals surface area contributed by atoms with Gasteiger partial charge in [-0.25, -0.2) is 23.1 Å². The Labute approximate surface area is 357 Å². The van der Waals surface area contributed by atoms with Crippen LogP contribution in [0.5, 0.6) is 46.3 Å². The predicted octanol–water partition coefficient (Wildman–Crippen LogP) is 9.24. The number of nitrogens with zero attached hydrogens (tertiary/aromatic N) is 4. The van der Waals surface area contributed by atoms with Gasteiger partial charge in [-0.3, -0.25) is 9.59 Å². The third kappa shape index (κ3) is 11.3. The zero-order valence-electron chi connectivity index (χ0n) is 32.4. The number of anilines is 1. The number of hydrogen-bond donors (Lipinski definition) is 0. The second-order valence-electron chi connectivity index (χ2n) is 12.8. The topological polar surface area (TPSA) is 122 Å². The monoisotopic (exact) mass is 934 g/mol. The summed E-state index contributed by atoms with van der Waals surface area (Å²) < 4.78 is 75.7. The van der Waals surface area contributed by atoms with Crippen molar-refractivity contribution in [1.82, 2.24) is 14.9 Å². The first-order valence-electron chi connectivity index (χ1n) is 18.2. The average molecular weight is 935 g/mol. The Morgan fingerprint density at radius 1 is 0.633 bits per heavy atom. The highest BCUT2D eigenvalue weighted by Crippen LogP contribution is 2.35. The number of alkyl halides is 2. The third-order valence-corrected chi connectivity index (χ3v) is 9.63. The smallest absolute Gasteiger partial charge is 0.247 e. The van der Waals surface area contributed by atoms with Crippen molar-refractivity contribution in [2.45, 2.75) is 19.5 Å². The number of aromatic nitrogens is 2. The normalized spacial score (nSPS) is 10.7. The molecule has 0 saturated carbocycles. The summed E-state index contributed by atoms with van der Waals surface area (Å²) in [5.41, 5.74) is 1.26. The maximum absolute atomic E-state index is 14.9. The lowest BCUT2D eigenvalue weighted by atomic mass is 10.1. The fourth-order valence-corrected chi connectivity index (χ4v) is 6.36. The fraction of sp³-hybridized carbons (Fsp3) is 0.182. The molecule has 6 rings (SSSR count). The molecular weight excluding hydrogens is 896 g/mol. The molecule has 0 saturated heterocycles. The average Bonchev–Trinajstić information content (AvgIpc) is 3.26. The van der Waals surface area contributed by atoms with E-state index in [-0.39, 0.29) is 54.2 Å². The minimum absolute atomic E-state index is 0.0367. The van der Waals surface area contributed by atoms with Gasteiger partial charge in [0.05, 0.1) is 33.7 Å². The van der Waals surface area contributed by atoms with Gasteiger partial charge in [0, 0.05) is 32.7 Å². The van der Waals surface area contributed by atoms with Crippen LogP contribution in [0.4, 0.5) is 18.9 Å². The van der Waals surface area contributed by atoms with E-state index in [9.17, 15) is 22.8 Å². The van der Waals surface area contributed by atoms with Gasteiger partial charge in [0.1, 0.15) is 52.5 Å². The van der Waals surface area contributed by atoms with E-state index in [1.54, 1.807) is 60.7 Å². The summed E-state index contributed by atoms with van der Waals surface area (Å²) in [7, 11) is 2.91. The van der Waals surface area contributed by atoms with Gasteiger partial charge in [0.2, 0.25) is 37.3 Å². The SMILES string of the molecule is COc1ccc(OCF)c(CN(CC(=O)N(Cc2cc(OC)ccc2OCF)c2cccnc2Oc2ccc(F)cc2)C(=O)Cc2cccnc2Oc2ccc(I)cc2)c1. The molecule has 0 aliphatic heterocycles. The van der Waals surface area contributed by atoms with Crippen molar-refractivity contribution >= 4 is 40.1 Å². The molecule has 310 valence electrons. The Morgan fingerprint density at radius 2 is 1.17 bits per heavy atom. The number of amides is 2. The van der Waals surface area contributed by atoms with Crippen molar-refractivity contribution in [3.8, 4) is 46.3 Å². The van der Waals surface area contributed by atoms with Gasteiger partial charge in [-0.2, -0.15) is 0 Å². The van der Waals surface area contributed by atoms with Crippen LogP contribution in [0.25, 0.3) is 0 Å². The highest BCUT2D eigenvalue weighted by atomic mass is 127. The van der Waals surface area contributed by atoms with Crippen LogP contribution in [0.3, 0.4) is 0 Å². The molecule has 0 fully saturated rings. The van der Waals surface area contributed by atoms with Gasteiger partial charge >= 0.3 is 0 Å². The quantitative estimate of drug-likeness (QED) is 0.0727. The standard InChI is InChI=1S/C44H38F3IN4O8/c1-55-36-15-17-39(57-27-45)30(21-36)24-51(41(53)23-29-5-3-19-49-43(29)59-35-13-9-33(48)10-14-35)26-42(54)52(25-31-22-37(56-2)16-18-40(31)58-28-46)38-6-4-20-50-44(38)60-34-11-7-32(47)8-12-34/h3-22H,23-28H2,1-2H3. The molecule has 0 bridgehead atoms. The van der Waals surface area contributed by atoms with E-state index in [1.165, 1.54) is 72.8 Å². The van der Waals surface area contributed by atoms with Crippen molar-refractivity contribution in [2.75, 3.05) is 39.4 Å². The van der Waals surface area contributed by atoms with Gasteiger partial charge in [-0.1, -0.05) is 6.07 Å². The molecule has 0 N–H and O–H groups in total. The van der Waals surface area contributed by atoms with E-state index in [0.29, 0.717) is 33.9 Å². The van der Waals surface area contributed by atoms with Crippen LogP contribution >= 0.6 is 22.6 Å². The highest BCUT2D eigenvalue weighted by molar-refractivity contribution is 14.1. The number of ether oxygens (including phenoxy) is 6. The van der Waals surface area contributed by atoms with Crippen LogP contribution in [0.1, 0.15) is 16.7 Å². The Kier molecular flexibility index (Phi) is 15.0. The van der Waals surface area contributed by atoms with Gasteiger partial charge in [-0.15, -0.1) is 0 Å². The molecule has 4 aromatic carbocycles. The van der Waals surface area contributed by atoms with E-state index < -0.39 is 37.9 Å². The number of hydrogen-bond acceptors (Lipinski definition) is 10. The number of benzene rings is 4. The molecule has 0 unspecified atom stereocenters. The summed E-state index contributed by atoms with van der Waals surface area (Å²) in [5.74, 6) is 0.234. The zero-order chi connectivity index (χ0) is 42.4. The van der Waals surface area contributed by atoms with Crippen LogP contribution in [0.2, 0.25) is 0 Å². The van der Waals surface area contributed by atoms with Gasteiger partial charge in [-0.05, 0) is 126 Å².